The number of hydrogen-bond acceptors (Lipinski definition) is 5. The molecule has 2 fully saturated rings. The number of carboxylic acids is 1. The molecule has 0 radical (unpaired) electrons. The van der Waals surface area contributed by atoms with E-state index in [1.807, 2.05) is 24.3 Å². The minimum Gasteiger partial charge on any atom is -0.497 e. The van der Waals surface area contributed by atoms with Gasteiger partial charge in [-0.1, -0.05) is 30.3 Å². The van der Waals surface area contributed by atoms with Crippen molar-refractivity contribution in [3.8, 4) is 5.75 Å². The largest absolute Gasteiger partial charge is 0.497 e. The molecule has 35 heavy (non-hydrogen) atoms. The fourth-order valence-corrected chi connectivity index (χ4v) is 5.81. The molecule has 5 rings (SSSR count). The third-order valence-corrected chi connectivity index (χ3v) is 8.00. The van der Waals surface area contributed by atoms with E-state index in [2.05, 4.69) is 34.1 Å². The molecule has 1 aliphatic heterocycles. The van der Waals surface area contributed by atoms with Crippen molar-refractivity contribution in [3.05, 3.63) is 71.9 Å². The number of aromatic nitrogens is 1. The van der Waals surface area contributed by atoms with E-state index in [0.717, 1.165) is 36.7 Å². The number of aliphatic carboxylic acids is 1. The van der Waals surface area contributed by atoms with Crippen LogP contribution in [0, 0.1) is 11.8 Å². The van der Waals surface area contributed by atoms with E-state index in [9.17, 15) is 14.7 Å². The maximum atomic E-state index is 13.1. The minimum absolute atomic E-state index is 0.0142. The first-order valence-corrected chi connectivity index (χ1v) is 12.5. The van der Waals surface area contributed by atoms with Crippen molar-refractivity contribution >= 4 is 22.7 Å². The van der Waals surface area contributed by atoms with E-state index < -0.39 is 11.9 Å². The smallest absolute Gasteiger partial charge is 0.308 e. The number of carbonyl (C=O) groups excluding carboxylic acids is 1. The summed E-state index contributed by atoms with van der Waals surface area (Å²) in [7, 11) is 1.60. The van der Waals surface area contributed by atoms with Crippen LogP contribution in [0.3, 0.4) is 0 Å². The highest BCUT2D eigenvalue weighted by Gasteiger charge is 2.41. The van der Waals surface area contributed by atoms with Crippen LogP contribution in [0.1, 0.15) is 53.9 Å². The molecule has 1 N–H and O–H groups in total. The molecule has 2 aliphatic rings. The normalized spacial score (nSPS) is 24.6. The Labute approximate surface area is 205 Å². The molecule has 1 saturated carbocycles. The molecule has 1 aromatic heterocycles. The van der Waals surface area contributed by atoms with Crippen molar-refractivity contribution in [1.82, 2.24) is 9.88 Å². The zero-order valence-electron chi connectivity index (χ0n) is 20.1. The lowest BCUT2D eigenvalue weighted by atomic mass is 9.73. The second kappa shape index (κ2) is 10.2. The SMILES string of the molecule is COc1ccc2nccc(C(=O)CC[C@@H]3CCN(C4CC(c5ccccc5)C4)C[C@@H]3C(=O)O)c2c1. The van der Waals surface area contributed by atoms with Crippen molar-refractivity contribution in [2.24, 2.45) is 11.8 Å². The first kappa shape index (κ1) is 23.5. The number of Topliss-reactive ketones (excluding diaryl/α,β-unsaturated/α-hetero) is 1. The Morgan fingerprint density at radius 3 is 2.66 bits per heavy atom. The van der Waals surface area contributed by atoms with Gasteiger partial charge in [0.05, 0.1) is 18.5 Å². The van der Waals surface area contributed by atoms with Crippen molar-refractivity contribution in [1.29, 1.82) is 0 Å². The lowest BCUT2D eigenvalue weighted by molar-refractivity contribution is -0.147. The van der Waals surface area contributed by atoms with Gasteiger partial charge in [0.1, 0.15) is 5.75 Å². The average Bonchev–Trinajstić information content (AvgIpc) is 2.86. The second-order valence-electron chi connectivity index (χ2n) is 9.92. The topological polar surface area (TPSA) is 79.7 Å². The number of ether oxygens (including phenoxy) is 1. The van der Waals surface area contributed by atoms with Crippen molar-refractivity contribution in [3.63, 3.8) is 0 Å². The van der Waals surface area contributed by atoms with Crippen LogP contribution in [0.2, 0.25) is 0 Å². The Balaban J connectivity index is 1.20. The minimum atomic E-state index is -0.745. The van der Waals surface area contributed by atoms with Crippen LogP contribution >= 0.6 is 0 Å². The van der Waals surface area contributed by atoms with Crippen LogP contribution < -0.4 is 4.74 Å². The first-order valence-electron chi connectivity index (χ1n) is 12.5. The summed E-state index contributed by atoms with van der Waals surface area (Å²) in [5, 5.41) is 10.8. The van der Waals surface area contributed by atoms with Crippen LogP contribution in [0.15, 0.2) is 60.8 Å². The molecule has 6 nitrogen and oxygen atoms in total. The predicted molar refractivity (Wildman–Crippen MR) is 135 cm³/mol. The third kappa shape index (κ3) is 4.94. The summed E-state index contributed by atoms with van der Waals surface area (Å²) in [6.45, 7) is 1.49. The number of carboxylic acid groups (broad SMARTS) is 1. The van der Waals surface area contributed by atoms with Crippen LogP contribution in [0.5, 0.6) is 5.75 Å². The monoisotopic (exact) mass is 472 g/mol. The Hall–Kier alpha value is -3.25. The summed E-state index contributed by atoms with van der Waals surface area (Å²) in [4.78, 5) is 32.0. The van der Waals surface area contributed by atoms with Crippen LogP contribution in [0.25, 0.3) is 10.9 Å². The van der Waals surface area contributed by atoms with Crippen LogP contribution in [-0.2, 0) is 4.79 Å². The first-order chi connectivity index (χ1) is 17.0. The van der Waals surface area contributed by atoms with E-state index >= 15 is 0 Å². The summed E-state index contributed by atoms with van der Waals surface area (Å²) < 4.78 is 5.32. The fraction of sp³-hybridized carbons (Fsp3) is 0.414. The molecule has 182 valence electrons. The number of fused-ring (bicyclic) bond motifs is 1. The van der Waals surface area contributed by atoms with Gasteiger partial charge >= 0.3 is 5.97 Å². The zero-order valence-corrected chi connectivity index (χ0v) is 20.1. The molecule has 6 heteroatoms. The predicted octanol–water partition coefficient (Wildman–Crippen LogP) is 5.18. The highest BCUT2D eigenvalue weighted by Crippen LogP contribution is 2.42. The molecule has 2 heterocycles. The van der Waals surface area contributed by atoms with Crippen molar-refractivity contribution < 1.29 is 19.4 Å². The second-order valence-corrected chi connectivity index (χ2v) is 9.92. The van der Waals surface area contributed by atoms with E-state index in [4.69, 9.17) is 4.74 Å². The number of piperidine rings is 1. The number of rotatable bonds is 8. The molecule has 0 unspecified atom stereocenters. The van der Waals surface area contributed by atoms with Gasteiger partial charge in [0.25, 0.3) is 0 Å². The van der Waals surface area contributed by atoms with Gasteiger partial charge < -0.3 is 9.84 Å². The van der Waals surface area contributed by atoms with E-state index in [1.165, 1.54) is 5.56 Å². The fourth-order valence-electron chi connectivity index (χ4n) is 5.81. The summed E-state index contributed by atoms with van der Waals surface area (Å²) in [5.41, 5.74) is 2.76. The third-order valence-electron chi connectivity index (χ3n) is 8.00. The van der Waals surface area contributed by atoms with Crippen molar-refractivity contribution in [2.75, 3.05) is 20.2 Å². The lowest BCUT2D eigenvalue weighted by Gasteiger charge is -2.47. The number of pyridine rings is 1. The average molecular weight is 473 g/mol. The highest BCUT2D eigenvalue weighted by molar-refractivity contribution is 6.07. The summed E-state index contributed by atoms with van der Waals surface area (Å²) in [6, 6.07) is 18.3. The Morgan fingerprint density at radius 2 is 1.91 bits per heavy atom. The van der Waals surface area contributed by atoms with Gasteiger partial charge in [0.2, 0.25) is 0 Å². The molecular weight excluding hydrogens is 440 g/mol. The maximum absolute atomic E-state index is 13.1. The Kier molecular flexibility index (Phi) is 6.82. The van der Waals surface area contributed by atoms with Gasteiger partial charge in [-0.3, -0.25) is 19.5 Å². The van der Waals surface area contributed by atoms with Gasteiger partial charge in [0.15, 0.2) is 5.78 Å². The molecule has 0 spiro atoms. The van der Waals surface area contributed by atoms with Crippen LogP contribution in [-0.4, -0.2) is 53.0 Å². The quantitative estimate of drug-likeness (QED) is 0.456. The summed E-state index contributed by atoms with van der Waals surface area (Å²) in [5.74, 6) is 0.131. The maximum Gasteiger partial charge on any atom is 0.308 e. The standard InChI is InChI=1S/C29H32N2O4/c1-35-23-8-9-27-25(17-23)24(11-13-30-27)28(32)10-7-20-12-14-31(18-26(20)29(33)34)22-15-21(16-22)19-5-3-2-4-6-19/h2-6,8-9,11,13,17,20-22,26H,7,10,12,14-16,18H2,1H3,(H,33,34)/t20-,21?,22?,26+/m1/s1. The van der Waals surface area contributed by atoms with Gasteiger partial charge in [-0.15, -0.1) is 0 Å². The van der Waals surface area contributed by atoms with Crippen LogP contribution in [0.4, 0.5) is 0 Å². The molecule has 1 saturated heterocycles. The lowest BCUT2D eigenvalue weighted by Crippen LogP contribution is -2.52. The van der Waals surface area contributed by atoms with Gasteiger partial charge in [-0.2, -0.15) is 0 Å². The van der Waals surface area contributed by atoms with Gasteiger partial charge in [-0.25, -0.2) is 0 Å². The number of likely N-dealkylation sites (tertiary alicyclic amines) is 1. The highest BCUT2D eigenvalue weighted by atomic mass is 16.5. The molecule has 3 aromatic rings. The molecule has 2 aromatic carbocycles. The zero-order chi connectivity index (χ0) is 24.4. The number of methoxy groups -OCH3 is 1. The Morgan fingerprint density at radius 1 is 1.11 bits per heavy atom. The van der Waals surface area contributed by atoms with E-state index in [1.54, 1.807) is 19.4 Å². The van der Waals surface area contributed by atoms with Gasteiger partial charge in [0, 0.05) is 36.2 Å². The van der Waals surface area contributed by atoms with E-state index in [-0.39, 0.29) is 11.7 Å². The summed E-state index contributed by atoms with van der Waals surface area (Å²) >= 11 is 0. The van der Waals surface area contributed by atoms with Gasteiger partial charge in [-0.05, 0) is 73.9 Å². The molecule has 2 atom stereocenters. The number of ketones is 1. The molecule has 0 bridgehead atoms. The molecular formula is C29H32N2O4. The number of nitrogens with zero attached hydrogens (tertiary/aromatic N) is 2. The number of benzene rings is 2. The number of carbonyl (C=O) groups is 2. The number of hydrogen-bond donors (Lipinski definition) is 1. The van der Waals surface area contributed by atoms with E-state index in [0.29, 0.717) is 42.7 Å². The molecule has 0 amide bonds. The Bertz CT molecular complexity index is 1210. The summed E-state index contributed by atoms with van der Waals surface area (Å²) in [6.07, 6.45) is 5.60. The van der Waals surface area contributed by atoms with Crippen molar-refractivity contribution in [2.45, 2.75) is 44.1 Å². The molecule has 1 aliphatic carbocycles.